The molecule has 0 radical (unpaired) electrons. The van der Waals surface area contributed by atoms with E-state index in [0.717, 1.165) is 23.9 Å². The zero-order chi connectivity index (χ0) is 13.8. The van der Waals surface area contributed by atoms with Crippen LogP contribution >= 0.6 is 28.3 Å². The van der Waals surface area contributed by atoms with Crippen molar-refractivity contribution in [2.24, 2.45) is 0 Å². The monoisotopic (exact) mass is 363 g/mol. The number of pyridine rings is 1. The molecule has 1 fully saturated rings. The Kier molecular flexibility index (Phi) is 6.71. The smallest absolute Gasteiger partial charge is 0.251 e. The predicted octanol–water partition coefficient (Wildman–Crippen LogP) is 1.29. The molecule has 1 aliphatic rings. The van der Waals surface area contributed by atoms with Crippen LogP contribution in [0.3, 0.4) is 0 Å². The van der Waals surface area contributed by atoms with Crippen LogP contribution in [0.25, 0.3) is 0 Å². The van der Waals surface area contributed by atoms with Crippen LogP contribution in [0.5, 0.6) is 0 Å². The second kappa shape index (κ2) is 7.81. The largest absolute Gasteiger partial charge is 0.350 e. The molecule has 0 bridgehead atoms. The highest BCUT2D eigenvalue weighted by atomic mass is 79.9. The fourth-order valence-corrected chi connectivity index (χ4v) is 2.65. The average molecular weight is 365 g/mol. The first kappa shape index (κ1) is 17.2. The molecular weight excluding hydrogens is 346 g/mol. The Balaban J connectivity index is 0.00000200. The van der Waals surface area contributed by atoms with Crippen LogP contribution in [0, 0.1) is 0 Å². The third-order valence-electron chi connectivity index (χ3n) is 3.37. The van der Waals surface area contributed by atoms with Gasteiger partial charge in [-0.05, 0) is 48.3 Å². The molecule has 2 unspecified atom stereocenters. The maximum Gasteiger partial charge on any atom is 0.251 e. The first-order valence-corrected chi connectivity index (χ1v) is 7.24. The lowest BCUT2D eigenvalue weighted by molar-refractivity contribution is -0.122. The molecule has 2 rings (SSSR count). The summed E-state index contributed by atoms with van der Waals surface area (Å²) in [7, 11) is 0. The molecule has 1 saturated heterocycles. The zero-order valence-corrected chi connectivity index (χ0v) is 13.7. The van der Waals surface area contributed by atoms with Gasteiger partial charge in [0.25, 0.3) is 5.56 Å². The predicted molar refractivity (Wildman–Crippen MR) is 84.3 cm³/mol. The molecule has 0 saturated carbocycles. The van der Waals surface area contributed by atoms with Gasteiger partial charge in [-0.3, -0.25) is 9.59 Å². The molecule has 1 aromatic rings. The number of nitrogens with one attached hydrogen (secondary N) is 2. The van der Waals surface area contributed by atoms with Gasteiger partial charge < -0.3 is 15.2 Å². The number of halogens is 2. The highest BCUT2D eigenvalue weighted by molar-refractivity contribution is 9.10. The number of amides is 1. The molecule has 2 heterocycles. The number of aromatic nitrogens is 1. The lowest BCUT2D eigenvalue weighted by Crippen LogP contribution is -2.52. The Morgan fingerprint density at radius 3 is 3.00 bits per heavy atom. The molecular formula is C13H19BrClN3O2. The average Bonchev–Trinajstić information content (AvgIpc) is 2.37. The Hall–Kier alpha value is -0.850. The van der Waals surface area contributed by atoms with Gasteiger partial charge >= 0.3 is 0 Å². The van der Waals surface area contributed by atoms with Crippen molar-refractivity contribution in [3.63, 3.8) is 0 Å². The fraction of sp³-hybridized carbons (Fsp3) is 0.538. The second-order valence-corrected chi connectivity index (χ2v) is 5.79. The van der Waals surface area contributed by atoms with Crippen LogP contribution in [0.4, 0.5) is 0 Å². The van der Waals surface area contributed by atoms with E-state index in [1.807, 2.05) is 0 Å². The van der Waals surface area contributed by atoms with Crippen molar-refractivity contribution in [2.45, 2.75) is 38.4 Å². The van der Waals surface area contributed by atoms with Gasteiger partial charge in [0.2, 0.25) is 5.91 Å². The van der Waals surface area contributed by atoms with Gasteiger partial charge in [-0.1, -0.05) is 0 Å². The van der Waals surface area contributed by atoms with E-state index in [0.29, 0.717) is 0 Å². The summed E-state index contributed by atoms with van der Waals surface area (Å²) in [5, 5.41) is 6.32. The highest BCUT2D eigenvalue weighted by Gasteiger charge is 2.22. The molecule has 5 nitrogen and oxygen atoms in total. The lowest BCUT2D eigenvalue weighted by Gasteiger charge is -2.30. The Bertz CT molecular complexity index is 521. The van der Waals surface area contributed by atoms with Crippen molar-refractivity contribution in [3.8, 4) is 0 Å². The highest BCUT2D eigenvalue weighted by Crippen LogP contribution is 2.08. The molecule has 7 heteroatoms. The maximum atomic E-state index is 12.0. The molecule has 0 spiro atoms. The number of piperidine rings is 1. The molecule has 1 aliphatic heterocycles. The van der Waals surface area contributed by atoms with Crippen molar-refractivity contribution in [1.29, 1.82) is 0 Å². The quantitative estimate of drug-likeness (QED) is 0.849. The van der Waals surface area contributed by atoms with Gasteiger partial charge in [0.1, 0.15) is 6.54 Å². The first-order valence-electron chi connectivity index (χ1n) is 6.45. The van der Waals surface area contributed by atoms with E-state index >= 15 is 0 Å². The van der Waals surface area contributed by atoms with Crippen LogP contribution in [0.1, 0.15) is 19.8 Å². The van der Waals surface area contributed by atoms with Gasteiger partial charge in [-0.15, -0.1) is 12.4 Å². The zero-order valence-electron chi connectivity index (χ0n) is 11.3. The van der Waals surface area contributed by atoms with E-state index in [-0.39, 0.29) is 42.5 Å². The van der Waals surface area contributed by atoms with Crippen molar-refractivity contribution < 1.29 is 4.79 Å². The lowest BCUT2D eigenvalue weighted by atomic mass is 10.00. The number of hydrogen-bond donors (Lipinski definition) is 2. The van der Waals surface area contributed by atoms with Crippen molar-refractivity contribution in [3.05, 3.63) is 33.2 Å². The van der Waals surface area contributed by atoms with E-state index in [9.17, 15) is 9.59 Å². The molecule has 112 valence electrons. The normalized spacial score (nSPS) is 21.9. The second-order valence-electron chi connectivity index (χ2n) is 4.87. The third kappa shape index (κ3) is 4.61. The van der Waals surface area contributed by atoms with Crippen molar-refractivity contribution in [1.82, 2.24) is 15.2 Å². The standard InChI is InChI=1S/C13H18BrN3O2.ClH/c1-9-11(3-2-6-15-9)16-12(18)8-17-7-10(14)4-5-13(17)19;/h4-5,7,9,11,15H,2-3,6,8H2,1H3,(H,16,18);1H. The summed E-state index contributed by atoms with van der Waals surface area (Å²) in [5.41, 5.74) is -0.173. The molecule has 0 aliphatic carbocycles. The SMILES string of the molecule is CC1NCCCC1NC(=O)Cn1cc(Br)ccc1=O.Cl. The van der Waals surface area contributed by atoms with E-state index in [2.05, 4.69) is 33.5 Å². The van der Waals surface area contributed by atoms with Crippen LogP contribution in [-0.4, -0.2) is 29.1 Å². The van der Waals surface area contributed by atoms with Crippen LogP contribution in [0.15, 0.2) is 27.6 Å². The number of hydrogen-bond acceptors (Lipinski definition) is 3. The summed E-state index contributed by atoms with van der Waals surface area (Å²) in [4.78, 5) is 23.6. The minimum atomic E-state index is -0.173. The van der Waals surface area contributed by atoms with Crippen LogP contribution in [-0.2, 0) is 11.3 Å². The van der Waals surface area contributed by atoms with Crippen LogP contribution < -0.4 is 16.2 Å². The topological polar surface area (TPSA) is 63.1 Å². The van der Waals surface area contributed by atoms with Crippen molar-refractivity contribution in [2.75, 3.05) is 6.54 Å². The number of carbonyl (C=O) groups is 1. The van der Waals surface area contributed by atoms with E-state index < -0.39 is 0 Å². The Morgan fingerprint density at radius 2 is 2.30 bits per heavy atom. The Morgan fingerprint density at radius 1 is 1.55 bits per heavy atom. The van der Waals surface area contributed by atoms with Gasteiger partial charge in [0.05, 0.1) is 0 Å². The van der Waals surface area contributed by atoms with Gasteiger partial charge in [-0.25, -0.2) is 0 Å². The molecule has 20 heavy (non-hydrogen) atoms. The molecule has 2 N–H and O–H groups in total. The third-order valence-corrected chi connectivity index (χ3v) is 3.84. The summed E-state index contributed by atoms with van der Waals surface area (Å²) in [6, 6.07) is 3.53. The number of carbonyl (C=O) groups excluding carboxylic acids is 1. The van der Waals surface area contributed by atoms with E-state index in [1.54, 1.807) is 12.3 Å². The summed E-state index contributed by atoms with van der Waals surface area (Å²) in [6.45, 7) is 3.12. The summed E-state index contributed by atoms with van der Waals surface area (Å²) < 4.78 is 2.19. The minimum Gasteiger partial charge on any atom is -0.350 e. The van der Waals surface area contributed by atoms with Gasteiger partial charge in [0, 0.05) is 28.8 Å². The van der Waals surface area contributed by atoms with Crippen LogP contribution in [0.2, 0.25) is 0 Å². The Labute approximate surface area is 132 Å². The van der Waals surface area contributed by atoms with E-state index in [1.165, 1.54) is 10.6 Å². The molecule has 1 amide bonds. The number of nitrogens with zero attached hydrogens (tertiary/aromatic N) is 1. The molecule has 1 aromatic heterocycles. The first-order chi connectivity index (χ1) is 9.06. The minimum absolute atomic E-state index is 0. The fourth-order valence-electron chi connectivity index (χ4n) is 2.27. The molecule has 0 aromatic carbocycles. The summed E-state index contributed by atoms with van der Waals surface area (Å²) in [6.07, 6.45) is 3.67. The van der Waals surface area contributed by atoms with E-state index in [4.69, 9.17) is 0 Å². The van der Waals surface area contributed by atoms with Gasteiger partial charge in [-0.2, -0.15) is 0 Å². The maximum absolute atomic E-state index is 12.0. The summed E-state index contributed by atoms with van der Waals surface area (Å²) >= 11 is 3.29. The van der Waals surface area contributed by atoms with Crippen molar-refractivity contribution >= 4 is 34.2 Å². The summed E-state index contributed by atoms with van der Waals surface area (Å²) in [5.74, 6) is -0.124. The number of rotatable bonds is 3. The molecule has 2 atom stereocenters. The van der Waals surface area contributed by atoms with Gasteiger partial charge in [0.15, 0.2) is 0 Å².